The van der Waals surface area contributed by atoms with Crippen LogP contribution in [0.1, 0.15) is 24.8 Å². The molecule has 0 heterocycles. The minimum absolute atomic E-state index is 0.0551. The van der Waals surface area contributed by atoms with Crippen molar-refractivity contribution in [3.63, 3.8) is 0 Å². The second-order valence-electron chi connectivity index (χ2n) is 7.04. The Bertz CT molecular complexity index is 559. The molecule has 4 aliphatic carbocycles. The van der Waals surface area contributed by atoms with Gasteiger partial charge in [-0.1, -0.05) is 30.3 Å². The summed E-state index contributed by atoms with van der Waals surface area (Å²) in [5, 5.41) is 0. The van der Waals surface area contributed by atoms with Gasteiger partial charge in [0.15, 0.2) is 0 Å². The van der Waals surface area contributed by atoms with Gasteiger partial charge in [0.05, 0.1) is 0 Å². The molecule has 5 atom stereocenters. The van der Waals surface area contributed by atoms with E-state index in [1.807, 2.05) is 11.8 Å². The lowest BCUT2D eigenvalue weighted by atomic mass is 9.71. The Labute approximate surface area is 124 Å². The summed E-state index contributed by atoms with van der Waals surface area (Å²) in [6, 6.07) is 10.9. The van der Waals surface area contributed by atoms with Gasteiger partial charge < -0.3 is 5.73 Å². The molecule has 0 aliphatic heterocycles. The molecule has 106 valence electrons. The molecule has 5 rings (SSSR count). The summed E-state index contributed by atoms with van der Waals surface area (Å²) in [4.78, 5) is 12.0. The van der Waals surface area contributed by atoms with Gasteiger partial charge in [-0.15, -0.1) is 0 Å². The van der Waals surface area contributed by atoms with Crippen molar-refractivity contribution >= 4 is 17.7 Å². The van der Waals surface area contributed by atoms with Crippen LogP contribution in [0.25, 0.3) is 0 Å². The molecule has 4 aliphatic rings. The predicted molar refractivity (Wildman–Crippen MR) is 82.5 cm³/mol. The monoisotopic (exact) mass is 287 g/mol. The number of hydrogen-bond donors (Lipinski definition) is 1. The first-order valence-corrected chi connectivity index (χ1v) is 8.86. The summed E-state index contributed by atoms with van der Waals surface area (Å²) in [6.45, 7) is 0. The minimum atomic E-state index is -0.0551. The lowest BCUT2D eigenvalue weighted by Gasteiger charge is -2.33. The van der Waals surface area contributed by atoms with E-state index in [0.717, 1.165) is 0 Å². The number of amides is 1. The second kappa shape index (κ2) is 4.03. The molecule has 3 heteroatoms. The minimum Gasteiger partial charge on any atom is -0.369 e. The van der Waals surface area contributed by atoms with Gasteiger partial charge in [-0.05, 0) is 59.5 Å². The topological polar surface area (TPSA) is 43.1 Å². The zero-order valence-corrected chi connectivity index (χ0v) is 12.7. The average Bonchev–Trinajstić information content (AvgIpc) is 3.09. The van der Waals surface area contributed by atoms with Gasteiger partial charge >= 0.3 is 0 Å². The Balaban J connectivity index is 1.80. The number of thioether (sulfide) groups is 1. The Morgan fingerprint density at radius 3 is 2.70 bits per heavy atom. The highest BCUT2D eigenvalue weighted by Gasteiger charge is 2.75. The fourth-order valence-electron chi connectivity index (χ4n) is 5.94. The lowest BCUT2D eigenvalue weighted by molar-refractivity contribution is -0.124. The summed E-state index contributed by atoms with van der Waals surface area (Å²) in [5.74, 6) is 2.26. The molecule has 1 aromatic carbocycles. The first-order chi connectivity index (χ1) is 9.63. The highest BCUT2D eigenvalue weighted by Crippen LogP contribution is 2.78. The summed E-state index contributed by atoms with van der Waals surface area (Å²) >= 11 is 1.93. The number of nitrogens with two attached hydrogens (primary N) is 1. The second-order valence-corrected chi connectivity index (χ2v) is 7.91. The highest BCUT2D eigenvalue weighted by molar-refractivity contribution is 7.98. The molecule has 0 radical (unpaired) electrons. The number of carbonyl (C=O) groups excluding carboxylic acids is 1. The normalized spacial score (nSPS) is 44.4. The SMILES string of the molecule is CSCC12CC3C(C(N)=O)C1CC3(c1ccccc1)C2. The lowest BCUT2D eigenvalue weighted by Crippen LogP contribution is -2.37. The largest absolute Gasteiger partial charge is 0.369 e. The fourth-order valence-corrected chi connectivity index (χ4v) is 6.95. The van der Waals surface area contributed by atoms with Crippen LogP contribution < -0.4 is 5.73 Å². The molecule has 4 bridgehead atoms. The average molecular weight is 287 g/mol. The van der Waals surface area contributed by atoms with Crippen molar-refractivity contribution in [1.29, 1.82) is 0 Å². The Kier molecular flexibility index (Phi) is 2.57. The van der Waals surface area contributed by atoms with E-state index in [-0.39, 0.29) is 17.2 Å². The maximum Gasteiger partial charge on any atom is 0.221 e. The summed E-state index contributed by atoms with van der Waals surface area (Å²) in [6.07, 6.45) is 5.84. The Morgan fingerprint density at radius 2 is 2.05 bits per heavy atom. The fraction of sp³-hybridized carbons (Fsp3) is 0.588. The quantitative estimate of drug-likeness (QED) is 0.925. The van der Waals surface area contributed by atoms with Crippen LogP contribution in [-0.2, 0) is 10.2 Å². The molecule has 0 saturated heterocycles. The maximum absolute atomic E-state index is 12.0. The van der Waals surface area contributed by atoms with E-state index < -0.39 is 0 Å². The maximum atomic E-state index is 12.0. The number of primary amides is 1. The predicted octanol–water partition coefficient (Wildman–Crippen LogP) is 2.82. The zero-order valence-electron chi connectivity index (χ0n) is 11.8. The van der Waals surface area contributed by atoms with Crippen LogP contribution in [0.2, 0.25) is 0 Å². The molecular weight excluding hydrogens is 266 g/mol. The number of rotatable bonds is 4. The van der Waals surface area contributed by atoms with E-state index in [2.05, 4.69) is 36.6 Å². The van der Waals surface area contributed by atoms with E-state index in [1.165, 1.54) is 30.6 Å². The van der Waals surface area contributed by atoms with E-state index in [4.69, 9.17) is 5.73 Å². The smallest absolute Gasteiger partial charge is 0.221 e. The molecule has 0 spiro atoms. The number of hydrogen-bond acceptors (Lipinski definition) is 2. The molecule has 1 aromatic rings. The highest BCUT2D eigenvalue weighted by atomic mass is 32.2. The van der Waals surface area contributed by atoms with E-state index >= 15 is 0 Å². The van der Waals surface area contributed by atoms with Crippen molar-refractivity contribution in [2.45, 2.75) is 24.7 Å². The van der Waals surface area contributed by atoms with E-state index in [9.17, 15) is 4.79 Å². The van der Waals surface area contributed by atoms with Crippen molar-refractivity contribution < 1.29 is 4.79 Å². The Hall–Kier alpha value is -0.960. The van der Waals surface area contributed by atoms with Crippen molar-refractivity contribution in [2.24, 2.45) is 28.9 Å². The molecule has 4 saturated carbocycles. The van der Waals surface area contributed by atoms with Gasteiger partial charge in [0.25, 0.3) is 0 Å². The molecular formula is C17H21NOS. The van der Waals surface area contributed by atoms with Gasteiger partial charge in [-0.2, -0.15) is 11.8 Å². The number of benzene rings is 1. The van der Waals surface area contributed by atoms with Gasteiger partial charge in [0.1, 0.15) is 0 Å². The van der Waals surface area contributed by atoms with Crippen LogP contribution in [0.5, 0.6) is 0 Å². The summed E-state index contributed by atoms with van der Waals surface area (Å²) < 4.78 is 0. The van der Waals surface area contributed by atoms with Crippen LogP contribution in [0.15, 0.2) is 30.3 Å². The summed E-state index contributed by atoms with van der Waals surface area (Å²) in [5.41, 5.74) is 7.80. The van der Waals surface area contributed by atoms with E-state index in [0.29, 0.717) is 17.3 Å². The van der Waals surface area contributed by atoms with Crippen LogP contribution in [0, 0.1) is 23.2 Å². The van der Waals surface area contributed by atoms with Crippen molar-refractivity contribution in [3.05, 3.63) is 35.9 Å². The van der Waals surface area contributed by atoms with Gasteiger partial charge in [-0.25, -0.2) is 0 Å². The van der Waals surface area contributed by atoms with Crippen molar-refractivity contribution in [2.75, 3.05) is 12.0 Å². The van der Waals surface area contributed by atoms with Crippen LogP contribution in [-0.4, -0.2) is 17.9 Å². The zero-order chi connectivity index (χ0) is 14.0. The molecule has 20 heavy (non-hydrogen) atoms. The van der Waals surface area contributed by atoms with Crippen LogP contribution in [0.3, 0.4) is 0 Å². The van der Waals surface area contributed by atoms with Crippen molar-refractivity contribution in [3.8, 4) is 0 Å². The van der Waals surface area contributed by atoms with Gasteiger partial charge in [-0.3, -0.25) is 4.79 Å². The third kappa shape index (κ3) is 1.35. The first-order valence-electron chi connectivity index (χ1n) is 7.47. The molecule has 2 nitrogen and oxygen atoms in total. The molecule has 1 amide bonds. The van der Waals surface area contributed by atoms with E-state index in [1.54, 1.807) is 0 Å². The molecule has 2 N–H and O–H groups in total. The van der Waals surface area contributed by atoms with Gasteiger partial charge in [0, 0.05) is 5.92 Å². The molecule has 5 unspecified atom stereocenters. The van der Waals surface area contributed by atoms with Gasteiger partial charge in [0.2, 0.25) is 5.91 Å². The Morgan fingerprint density at radius 1 is 1.30 bits per heavy atom. The standard InChI is InChI=1S/C17H21NOS/c1-20-10-16-7-13-14(15(18)19)12(16)8-17(13,9-16)11-5-3-2-4-6-11/h2-6,12-14H,7-10H2,1H3,(H2,18,19). The van der Waals surface area contributed by atoms with Crippen LogP contribution >= 0.6 is 11.8 Å². The first kappa shape index (κ1) is 12.8. The van der Waals surface area contributed by atoms with Crippen molar-refractivity contribution in [1.82, 2.24) is 0 Å². The summed E-state index contributed by atoms with van der Waals surface area (Å²) in [7, 11) is 0. The van der Waals surface area contributed by atoms with Crippen LogP contribution in [0.4, 0.5) is 0 Å². The third-order valence-electron chi connectivity index (χ3n) is 6.35. The molecule has 4 fully saturated rings. The number of carbonyl (C=O) groups is 1. The molecule has 0 aromatic heterocycles. The third-order valence-corrected chi connectivity index (χ3v) is 7.21.